The molecular formula is C53H63F3N8O10S. The third-order valence-electron chi connectivity index (χ3n) is 11.9. The van der Waals surface area contributed by atoms with Crippen LogP contribution in [-0.2, 0) is 53.1 Å². The smallest absolute Gasteiger partial charge is 0.418 e. The fraction of sp³-hybridized carbons (Fsp3) is 0.377. The lowest BCUT2D eigenvalue weighted by molar-refractivity contribution is -0.136. The summed E-state index contributed by atoms with van der Waals surface area (Å²) < 4.78 is 81.4. The summed E-state index contributed by atoms with van der Waals surface area (Å²) in [6, 6.07) is 19.9. The topological polar surface area (TPSA) is 257 Å². The highest BCUT2D eigenvalue weighted by Crippen LogP contribution is 2.40. The van der Waals surface area contributed by atoms with Gasteiger partial charge in [0.25, 0.3) is 0 Å². The van der Waals surface area contributed by atoms with Crippen molar-refractivity contribution in [2.75, 3.05) is 32.0 Å². The molecule has 0 fully saturated rings. The van der Waals surface area contributed by atoms with E-state index in [0.29, 0.717) is 39.9 Å². The summed E-state index contributed by atoms with van der Waals surface area (Å²) in [5.74, 6) is -1.89. The number of benzene rings is 4. The molecule has 5 rings (SSSR count). The van der Waals surface area contributed by atoms with Crippen molar-refractivity contribution in [3.05, 3.63) is 114 Å². The number of urea groups is 1. The van der Waals surface area contributed by atoms with E-state index in [9.17, 15) is 50.4 Å². The molecule has 22 heteroatoms. The number of rotatable bonds is 25. The Morgan fingerprint density at radius 1 is 0.813 bits per heavy atom. The number of anilines is 1. The first-order chi connectivity index (χ1) is 35.5. The molecule has 1 aromatic heterocycles. The standard InChI is InChI=1S/C53H63F3N8O10S/c1-7-35-30-60-48-41(16-10-17-42(48)53(54,55)56)46(35)36-12-8-13-38(28-36)74-39-14-9-15-40(29-39)75(71,72)64(6)27-26-59-52(70)73-31-34-19-21-37(22-20-34)61-49(67)43(18-11-25-58-51(57)69)62-50(68)47(33(4)5)63-45(66)24-23-44(65)32(2)3/h8-10,12-17,19-22,28-30,32-33,43,47H,7,11,18,23-27,31H2,1-6H3,(H,59,70)(H,61,67)(H,62,68)(H,63,66)(H3,57,58,69)/t43-,47-/m0/s1. The maximum Gasteiger partial charge on any atom is 0.418 e. The molecule has 7 N–H and O–H groups in total. The molecule has 0 radical (unpaired) electrons. The number of aryl methyl sites for hydroxylation is 1. The summed E-state index contributed by atoms with van der Waals surface area (Å²) in [5.41, 5.74) is 6.92. The van der Waals surface area contributed by atoms with E-state index >= 15 is 0 Å². The second-order valence-corrected chi connectivity index (χ2v) is 20.3. The van der Waals surface area contributed by atoms with Gasteiger partial charge >= 0.3 is 18.3 Å². The highest BCUT2D eigenvalue weighted by molar-refractivity contribution is 7.89. The molecule has 0 aliphatic rings. The number of fused-ring (bicyclic) bond motifs is 1. The normalized spacial score (nSPS) is 12.5. The van der Waals surface area contributed by atoms with Gasteiger partial charge in [-0.1, -0.05) is 77.1 Å². The highest BCUT2D eigenvalue weighted by Gasteiger charge is 2.34. The number of carbonyl (C=O) groups is 6. The van der Waals surface area contributed by atoms with Crippen LogP contribution in [-0.4, -0.2) is 92.1 Å². The van der Waals surface area contributed by atoms with Crippen LogP contribution in [0, 0.1) is 11.8 Å². The molecular weight excluding hydrogens is 998 g/mol. The van der Waals surface area contributed by atoms with Gasteiger partial charge in [-0.25, -0.2) is 18.0 Å². The monoisotopic (exact) mass is 1060 g/mol. The number of nitrogens with two attached hydrogens (primary N) is 1. The first-order valence-corrected chi connectivity index (χ1v) is 25.7. The van der Waals surface area contributed by atoms with E-state index in [1.165, 1.54) is 37.5 Å². The summed E-state index contributed by atoms with van der Waals surface area (Å²) in [7, 11) is -2.75. The summed E-state index contributed by atoms with van der Waals surface area (Å²) in [5, 5.41) is 13.4. The van der Waals surface area contributed by atoms with E-state index in [1.807, 2.05) is 6.92 Å². The highest BCUT2D eigenvalue weighted by atomic mass is 32.2. The lowest BCUT2D eigenvalue weighted by Crippen LogP contribution is -2.54. The Hall–Kier alpha value is -7.59. The molecule has 6 amide bonds. The molecule has 0 saturated heterocycles. The van der Waals surface area contributed by atoms with Crippen LogP contribution in [0.1, 0.15) is 77.0 Å². The molecule has 18 nitrogen and oxygen atoms in total. The Bertz CT molecular complexity index is 2960. The van der Waals surface area contributed by atoms with Gasteiger partial charge in [0.05, 0.1) is 16.0 Å². The average Bonchev–Trinajstić information content (AvgIpc) is 3.36. The van der Waals surface area contributed by atoms with Gasteiger partial charge in [0.1, 0.15) is 36.0 Å². The number of likely N-dealkylation sites (N-methyl/N-ethyl adjacent to an activating group) is 1. The van der Waals surface area contributed by atoms with Crippen molar-refractivity contribution in [2.24, 2.45) is 17.6 Å². The van der Waals surface area contributed by atoms with E-state index < -0.39 is 63.7 Å². The number of Topliss-reactive ketones (excluding diaryl/α,β-unsaturated/α-hetero) is 1. The molecule has 0 bridgehead atoms. The molecule has 0 spiro atoms. The SMILES string of the molecule is CCc1cnc2c(C(F)(F)F)cccc2c1-c1cccc(Oc2cccc(S(=O)(=O)N(C)CCNC(=O)OCc3ccc(NC(=O)[C@H](CCCNC(N)=O)NC(=O)[C@@H](NC(=O)CCC(=O)C(C)C)C(C)C)cc3)c2)c1. The number of nitrogens with one attached hydrogen (secondary N) is 5. The predicted octanol–water partition coefficient (Wildman–Crippen LogP) is 7.84. The minimum Gasteiger partial charge on any atom is -0.457 e. The van der Waals surface area contributed by atoms with Gasteiger partial charge < -0.3 is 41.8 Å². The largest absolute Gasteiger partial charge is 0.457 e. The van der Waals surface area contributed by atoms with Gasteiger partial charge in [-0.05, 0) is 89.9 Å². The van der Waals surface area contributed by atoms with Crippen LogP contribution in [0.3, 0.4) is 0 Å². The lowest BCUT2D eigenvalue weighted by atomic mass is 9.93. The van der Waals surface area contributed by atoms with Crippen LogP contribution >= 0.6 is 0 Å². The molecule has 0 aliphatic carbocycles. The van der Waals surface area contributed by atoms with Gasteiger partial charge in [0, 0.05) is 68.8 Å². The van der Waals surface area contributed by atoms with Crippen LogP contribution in [0.5, 0.6) is 11.5 Å². The first-order valence-electron chi connectivity index (χ1n) is 24.3. The predicted molar refractivity (Wildman–Crippen MR) is 276 cm³/mol. The van der Waals surface area contributed by atoms with Crippen molar-refractivity contribution in [3.63, 3.8) is 0 Å². The minimum atomic E-state index is -4.61. The Morgan fingerprint density at radius 3 is 2.15 bits per heavy atom. The molecule has 0 saturated carbocycles. The van der Waals surface area contributed by atoms with E-state index in [1.54, 1.807) is 88.4 Å². The van der Waals surface area contributed by atoms with Crippen molar-refractivity contribution in [3.8, 4) is 22.6 Å². The van der Waals surface area contributed by atoms with Crippen LogP contribution in [0.25, 0.3) is 22.0 Å². The van der Waals surface area contributed by atoms with Crippen molar-refractivity contribution < 1.29 is 59.8 Å². The zero-order valence-corrected chi connectivity index (χ0v) is 43.3. The summed E-state index contributed by atoms with van der Waals surface area (Å²) >= 11 is 0. The second kappa shape index (κ2) is 26.6. The van der Waals surface area contributed by atoms with Gasteiger partial charge in [0.2, 0.25) is 27.7 Å². The summed E-state index contributed by atoms with van der Waals surface area (Å²) in [4.78, 5) is 79.6. The number of primary amides is 1. The number of amides is 6. The number of hydrogen-bond donors (Lipinski definition) is 6. The molecule has 5 aromatic rings. The molecule has 75 heavy (non-hydrogen) atoms. The number of nitrogens with zero attached hydrogens (tertiary/aromatic N) is 2. The Balaban J connectivity index is 1.13. The number of sulfonamides is 1. The fourth-order valence-corrected chi connectivity index (χ4v) is 8.94. The average molecular weight is 1060 g/mol. The van der Waals surface area contributed by atoms with Gasteiger partial charge in [0.15, 0.2) is 0 Å². The van der Waals surface area contributed by atoms with E-state index in [0.717, 1.165) is 15.9 Å². The second-order valence-electron chi connectivity index (χ2n) is 18.2. The van der Waals surface area contributed by atoms with Crippen LogP contribution in [0.2, 0.25) is 0 Å². The lowest BCUT2D eigenvalue weighted by Gasteiger charge is -2.25. The van der Waals surface area contributed by atoms with Crippen molar-refractivity contribution in [2.45, 2.75) is 96.5 Å². The number of ether oxygens (including phenoxy) is 2. The van der Waals surface area contributed by atoms with Crippen LogP contribution < -0.4 is 37.1 Å². The van der Waals surface area contributed by atoms with E-state index in [-0.39, 0.29) is 85.7 Å². The van der Waals surface area contributed by atoms with Gasteiger partial charge in [-0.3, -0.25) is 24.2 Å². The minimum absolute atomic E-state index is 0.0237. The maximum atomic E-state index is 13.9. The number of aromatic nitrogens is 1. The number of alkyl halides is 3. The maximum absolute atomic E-state index is 13.9. The molecule has 402 valence electrons. The van der Waals surface area contributed by atoms with Gasteiger partial charge in [-0.15, -0.1) is 0 Å². The summed E-state index contributed by atoms with van der Waals surface area (Å²) in [6.07, 6.45) is -3.21. The van der Waals surface area contributed by atoms with E-state index in [4.69, 9.17) is 15.2 Å². The zero-order valence-electron chi connectivity index (χ0n) is 42.5. The first kappa shape index (κ1) is 58.3. The Labute approximate surface area is 433 Å². The summed E-state index contributed by atoms with van der Waals surface area (Å²) in [6.45, 7) is 8.49. The Kier molecular flexibility index (Phi) is 20.7. The van der Waals surface area contributed by atoms with Crippen molar-refractivity contribution in [1.82, 2.24) is 30.6 Å². The van der Waals surface area contributed by atoms with Crippen molar-refractivity contribution in [1.29, 1.82) is 0 Å². The molecule has 4 aromatic carbocycles. The molecule has 0 aliphatic heterocycles. The number of alkyl carbamates (subject to hydrolysis) is 1. The number of hydrogen-bond acceptors (Lipinski definition) is 11. The van der Waals surface area contributed by atoms with E-state index in [2.05, 4.69) is 31.6 Å². The molecule has 0 unspecified atom stereocenters. The fourth-order valence-electron chi connectivity index (χ4n) is 7.73. The number of carbonyl (C=O) groups excluding carboxylic acids is 6. The number of para-hydroxylation sites is 1. The van der Waals surface area contributed by atoms with Gasteiger partial charge in [-0.2, -0.15) is 17.5 Å². The Morgan fingerprint density at radius 2 is 1.49 bits per heavy atom. The molecule has 1 heterocycles. The number of halogens is 3. The third-order valence-corrected chi connectivity index (χ3v) is 13.8. The quantitative estimate of drug-likeness (QED) is 0.0307. The van der Waals surface area contributed by atoms with Crippen molar-refractivity contribution >= 4 is 62.2 Å². The third kappa shape index (κ3) is 16.7. The van der Waals surface area contributed by atoms with Crippen LogP contribution in [0.15, 0.2) is 102 Å². The number of pyridine rings is 1. The number of ketones is 1. The molecule has 2 atom stereocenters. The zero-order chi connectivity index (χ0) is 55.0. The van der Waals surface area contributed by atoms with Crippen LogP contribution in [0.4, 0.5) is 28.4 Å².